The van der Waals surface area contributed by atoms with Gasteiger partial charge in [0, 0.05) is 11.4 Å². The Morgan fingerprint density at radius 3 is 1.74 bits per heavy atom. The van der Waals surface area contributed by atoms with Gasteiger partial charge in [-0.05, 0) is 53.5 Å². The Morgan fingerprint density at radius 2 is 1.26 bits per heavy atom. The van der Waals surface area contributed by atoms with Gasteiger partial charge in [-0.1, -0.05) is 93.6 Å². The predicted molar refractivity (Wildman–Crippen MR) is 121 cm³/mol. The average Bonchev–Trinajstić information content (AvgIpc) is 2.72. The predicted octanol–water partition coefficient (Wildman–Crippen LogP) is 8.10. The minimum absolute atomic E-state index is 1.07. The largest absolute Gasteiger partial charge is 0.356 e. The van der Waals surface area contributed by atoms with Gasteiger partial charge in [-0.15, -0.1) is 0 Å². The number of rotatable bonds is 5. The Morgan fingerprint density at radius 1 is 0.778 bits per heavy atom. The van der Waals surface area contributed by atoms with E-state index >= 15 is 0 Å². The summed E-state index contributed by atoms with van der Waals surface area (Å²) >= 11 is 0. The van der Waals surface area contributed by atoms with Gasteiger partial charge in [0.2, 0.25) is 0 Å². The normalized spacial score (nSPS) is 10.6. The molecule has 1 heteroatoms. The van der Waals surface area contributed by atoms with Crippen molar-refractivity contribution in [3.8, 4) is 11.1 Å². The van der Waals surface area contributed by atoms with Gasteiger partial charge in [-0.2, -0.15) is 0 Å². The molecule has 0 fully saturated rings. The number of allylic oxidation sites excluding steroid dienone is 3. The molecule has 0 unspecified atom stereocenters. The third-order valence-electron chi connectivity index (χ3n) is 4.03. The van der Waals surface area contributed by atoms with Crippen LogP contribution in [-0.2, 0) is 0 Å². The van der Waals surface area contributed by atoms with Gasteiger partial charge in [-0.3, -0.25) is 0 Å². The Balaban J connectivity index is 0.000000817. The first-order valence-electron chi connectivity index (χ1n) is 9.53. The monoisotopic (exact) mass is 355 g/mol. The summed E-state index contributed by atoms with van der Waals surface area (Å²) in [6, 6.07) is 27.3. The van der Waals surface area contributed by atoms with Crippen LogP contribution < -0.4 is 5.32 Å². The quantitative estimate of drug-likeness (QED) is 0.456. The van der Waals surface area contributed by atoms with Crippen molar-refractivity contribution in [3.05, 3.63) is 103 Å². The van der Waals surface area contributed by atoms with Crippen molar-refractivity contribution in [1.29, 1.82) is 0 Å². The Bertz CT molecular complexity index is 841. The fourth-order valence-electron chi connectivity index (χ4n) is 2.69. The van der Waals surface area contributed by atoms with Gasteiger partial charge in [-0.25, -0.2) is 0 Å². The van der Waals surface area contributed by atoms with Gasteiger partial charge in [0.25, 0.3) is 0 Å². The summed E-state index contributed by atoms with van der Waals surface area (Å²) < 4.78 is 0. The number of hydrogen-bond donors (Lipinski definition) is 1. The molecule has 0 radical (unpaired) electrons. The van der Waals surface area contributed by atoms with E-state index in [0.717, 1.165) is 16.9 Å². The van der Waals surface area contributed by atoms with Gasteiger partial charge in [0.15, 0.2) is 0 Å². The summed E-state index contributed by atoms with van der Waals surface area (Å²) in [6.07, 6.45) is 5.20. The van der Waals surface area contributed by atoms with Crippen LogP contribution in [-0.4, -0.2) is 0 Å². The number of nitrogens with one attached hydrogen (secondary N) is 1. The van der Waals surface area contributed by atoms with Gasteiger partial charge >= 0.3 is 0 Å². The van der Waals surface area contributed by atoms with Gasteiger partial charge < -0.3 is 5.32 Å². The molecule has 0 spiro atoms. The van der Waals surface area contributed by atoms with E-state index in [1.807, 2.05) is 19.1 Å². The van der Waals surface area contributed by atoms with E-state index in [-0.39, 0.29) is 0 Å². The third kappa shape index (κ3) is 6.00. The van der Waals surface area contributed by atoms with Crippen molar-refractivity contribution in [3.63, 3.8) is 0 Å². The van der Waals surface area contributed by atoms with E-state index in [1.165, 1.54) is 23.1 Å². The first kappa shape index (κ1) is 20.3. The lowest BCUT2D eigenvalue weighted by atomic mass is 10.0. The Labute approximate surface area is 164 Å². The second-order valence-corrected chi connectivity index (χ2v) is 6.30. The zero-order valence-corrected chi connectivity index (χ0v) is 16.6. The first-order valence-corrected chi connectivity index (χ1v) is 9.53. The van der Waals surface area contributed by atoms with Crippen molar-refractivity contribution >= 4 is 16.9 Å². The van der Waals surface area contributed by atoms with E-state index in [1.54, 1.807) is 0 Å². The molecule has 1 nitrogen and oxygen atoms in total. The molecule has 3 aromatic carbocycles. The van der Waals surface area contributed by atoms with Crippen LogP contribution in [0.3, 0.4) is 0 Å². The fraction of sp³-hybridized carbons (Fsp3) is 0.154. The lowest BCUT2D eigenvalue weighted by molar-refractivity contribution is 1.09. The van der Waals surface area contributed by atoms with Crippen LogP contribution in [0.15, 0.2) is 97.6 Å². The summed E-state index contributed by atoms with van der Waals surface area (Å²) in [7, 11) is 0. The van der Waals surface area contributed by atoms with Crippen molar-refractivity contribution in [2.75, 3.05) is 5.32 Å². The maximum atomic E-state index is 3.85. The van der Waals surface area contributed by atoms with Crippen molar-refractivity contribution < 1.29 is 0 Å². The number of benzene rings is 3. The fourth-order valence-corrected chi connectivity index (χ4v) is 2.69. The van der Waals surface area contributed by atoms with Crippen LogP contribution in [0.4, 0.5) is 11.4 Å². The average molecular weight is 356 g/mol. The Hall–Kier alpha value is -3.06. The number of hydrogen-bond acceptors (Lipinski definition) is 1. The van der Waals surface area contributed by atoms with E-state index < -0.39 is 0 Å². The lowest BCUT2D eigenvalue weighted by Gasteiger charge is -2.09. The van der Waals surface area contributed by atoms with Crippen LogP contribution in [0, 0.1) is 0 Å². The van der Waals surface area contributed by atoms with Crippen LogP contribution in [0.1, 0.15) is 32.8 Å². The molecule has 0 aromatic heterocycles. The van der Waals surface area contributed by atoms with E-state index in [4.69, 9.17) is 0 Å². The molecule has 0 amide bonds. The molecule has 0 aliphatic rings. The summed E-state index contributed by atoms with van der Waals surface area (Å²) in [5.41, 5.74) is 6.94. The minimum Gasteiger partial charge on any atom is -0.356 e. The standard InChI is InChI=1S/C23H21N.C3H8/c1-3-18(4-2)20-10-14-22(15-11-20)24-23-16-12-21(13-17-23)19-8-6-5-7-9-19;1-3-2/h3-17,24H,1H2,2H3;3H2,1-2H3/b18-4+;. The maximum Gasteiger partial charge on any atom is 0.0384 e. The molecule has 0 aliphatic heterocycles. The molecule has 0 aliphatic carbocycles. The molecule has 0 atom stereocenters. The summed E-state index contributed by atoms with van der Waals surface area (Å²) in [4.78, 5) is 0. The van der Waals surface area contributed by atoms with Crippen molar-refractivity contribution in [1.82, 2.24) is 0 Å². The second-order valence-electron chi connectivity index (χ2n) is 6.30. The third-order valence-corrected chi connectivity index (χ3v) is 4.03. The molecule has 3 aromatic rings. The first-order chi connectivity index (χ1) is 13.2. The van der Waals surface area contributed by atoms with Crippen LogP contribution in [0.2, 0.25) is 0 Å². The molecule has 3 rings (SSSR count). The SMILES string of the molecule is C=C/C(=C\C)c1ccc(Nc2ccc(-c3ccccc3)cc2)cc1.CCC. The molecule has 138 valence electrons. The second kappa shape index (κ2) is 10.8. The van der Waals surface area contributed by atoms with E-state index in [0.29, 0.717) is 0 Å². The van der Waals surface area contributed by atoms with Crippen LogP contribution >= 0.6 is 0 Å². The van der Waals surface area contributed by atoms with Crippen LogP contribution in [0.25, 0.3) is 16.7 Å². The van der Waals surface area contributed by atoms with Crippen molar-refractivity contribution in [2.45, 2.75) is 27.2 Å². The highest BCUT2D eigenvalue weighted by molar-refractivity contribution is 5.75. The molecule has 1 N–H and O–H groups in total. The highest BCUT2D eigenvalue weighted by atomic mass is 14.9. The Kier molecular flexibility index (Phi) is 8.12. The van der Waals surface area contributed by atoms with Crippen molar-refractivity contribution in [2.24, 2.45) is 0 Å². The molecular weight excluding hydrogens is 326 g/mol. The lowest BCUT2D eigenvalue weighted by Crippen LogP contribution is -1.90. The zero-order chi connectivity index (χ0) is 19.5. The summed E-state index contributed by atoms with van der Waals surface area (Å²) in [5, 5.41) is 3.44. The van der Waals surface area contributed by atoms with E-state index in [9.17, 15) is 0 Å². The highest BCUT2D eigenvalue weighted by Gasteiger charge is 2.00. The zero-order valence-electron chi connectivity index (χ0n) is 16.6. The smallest absolute Gasteiger partial charge is 0.0384 e. The maximum absolute atomic E-state index is 3.85. The molecule has 0 bridgehead atoms. The topological polar surface area (TPSA) is 12.0 Å². The van der Waals surface area contributed by atoms with Gasteiger partial charge in [0.1, 0.15) is 0 Å². The molecule has 27 heavy (non-hydrogen) atoms. The summed E-state index contributed by atoms with van der Waals surface area (Å²) in [6.45, 7) is 10.1. The molecule has 0 saturated heterocycles. The van der Waals surface area contributed by atoms with E-state index in [2.05, 4.69) is 105 Å². The number of anilines is 2. The summed E-state index contributed by atoms with van der Waals surface area (Å²) in [5.74, 6) is 0. The molecular formula is C26H29N. The van der Waals surface area contributed by atoms with Gasteiger partial charge in [0.05, 0.1) is 0 Å². The van der Waals surface area contributed by atoms with Crippen LogP contribution in [0.5, 0.6) is 0 Å². The molecule has 0 saturated carbocycles. The highest BCUT2D eigenvalue weighted by Crippen LogP contribution is 2.24. The molecule has 0 heterocycles. The minimum atomic E-state index is 1.07.